The van der Waals surface area contributed by atoms with Crippen molar-refractivity contribution in [3.8, 4) is 67.5 Å². The summed E-state index contributed by atoms with van der Waals surface area (Å²) in [6, 6.07) is 63.8. The summed E-state index contributed by atoms with van der Waals surface area (Å²) in [6.07, 6.45) is 0. The van der Waals surface area contributed by atoms with E-state index in [-0.39, 0.29) is 0 Å². The zero-order chi connectivity index (χ0) is 37.0. The highest BCUT2D eigenvalue weighted by atomic mass is 32.1. The highest BCUT2D eigenvalue weighted by molar-refractivity contribution is 7.26. The summed E-state index contributed by atoms with van der Waals surface area (Å²) in [4.78, 5) is 20.8. The maximum absolute atomic E-state index is 5.22. The first-order valence-corrected chi connectivity index (χ1v) is 20.2. The lowest BCUT2D eigenvalue weighted by atomic mass is 9.97. The van der Waals surface area contributed by atoms with E-state index in [1.165, 1.54) is 9.40 Å². The van der Waals surface area contributed by atoms with Crippen molar-refractivity contribution in [2.45, 2.75) is 0 Å². The van der Waals surface area contributed by atoms with E-state index in [9.17, 15) is 0 Å². The number of rotatable bonds is 6. The van der Waals surface area contributed by atoms with E-state index in [2.05, 4.69) is 170 Å². The zero-order valence-electron chi connectivity index (χ0n) is 29.9. The van der Waals surface area contributed by atoms with Gasteiger partial charge in [0.15, 0.2) is 11.6 Å². The molecule has 0 aliphatic heterocycles. The average Bonchev–Trinajstić information content (AvgIpc) is 3.85. The van der Waals surface area contributed by atoms with Crippen LogP contribution in [0.2, 0.25) is 0 Å². The van der Waals surface area contributed by atoms with Crippen LogP contribution in [0, 0.1) is 0 Å². The lowest BCUT2D eigenvalue weighted by Crippen LogP contribution is -1.94. The summed E-state index contributed by atoms with van der Waals surface area (Å²) < 4.78 is 4.64. The van der Waals surface area contributed by atoms with Crippen molar-refractivity contribution in [3.63, 3.8) is 0 Å². The van der Waals surface area contributed by atoms with E-state index in [4.69, 9.17) is 19.9 Å². The number of benzene rings is 7. The Bertz CT molecular complexity index is 3040. The van der Waals surface area contributed by atoms with Crippen molar-refractivity contribution < 1.29 is 0 Å². The van der Waals surface area contributed by atoms with Crippen molar-refractivity contribution >= 4 is 63.3 Å². The molecule has 0 unspecified atom stereocenters. The Balaban J connectivity index is 0.990. The molecular formula is C50H30N4S2. The van der Waals surface area contributed by atoms with E-state index >= 15 is 0 Å². The summed E-state index contributed by atoms with van der Waals surface area (Å²) in [7, 11) is 0. The molecule has 0 saturated carbocycles. The van der Waals surface area contributed by atoms with Gasteiger partial charge in [-0.15, -0.1) is 22.7 Å². The smallest absolute Gasteiger partial charge is 0.160 e. The Hall–Kier alpha value is -6.86. The third kappa shape index (κ3) is 5.66. The van der Waals surface area contributed by atoms with E-state index in [1.807, 2.05) is 12.1 Å². The minimum atomic E-state index is 0.718. The molecule has 4 heterocycles. The van der Waals surface area contributed by atoms with Gasteiger partial charge in [-0.3, -0.25) is 0 Å². The quantitative estimate of drug-likeness (QED) is 0.170. The fraction of sp³-hybridized carbons (Fsp3) is 0. The van der Waals surface area contributed by atoms with Crippen LogP contribution in [0.25, 0.3) is 108 Å². The van der Waals surface area contributed by atoms with Crippen molar-refractivity contribution in [3.05, 3.63) is 182 Å². The molecule has 56 heavy (non-hydrogen) atoms. The molecular weight excluding hydrogens is 721 g/mol. The molecule has 0 N–H and O–H groups in total. The molecule has 262 valence electrons. The molecule has 0 aliphatic carbocycles. The van der Waals surface area contributed by atoms with Gasteiger partial charge in [0.1, 0.15) is 0 Å². The van der Waals surface area contributed by atoms with E-state index in [0.29, 0.717) is 0 Å². The van der Waals surface area contributed by atoms with Crippen LogP contribution in [0.3, 0.4) is 0 Å². The lowest BCUT2D eigenvalue weighted by Gasteiger charge is -2.11. The molecule has 0 saturated heterocycles. The van der Waals surface area contributed by atoms with Gasteiger partial charge in [-0.2, -0.15) is 0 Å². The Kier molecular flexibility index (Phi) is 7.83. The number of nitrogens with zero attached hydrogens (tertiary/aromatic N) is 4. The summed E-state index contributed by atoms with van der Waals surface area (Å²) in [5.41, 5.74) is 12.5. The summed E-state index contributed by atoms with van der Waals surface area (Å²) >= 11 is 3.51. The van der Waals surface area contributed by atoms with Crippen LogP contribution < -0.4 is 0 Å². The molecule has 4 aromatic heterocycles. The van der Waals surface area contributed by atoms with Gasteiger partial charge >= 0.3 is 0 Å². The van der Waals surface area contributed by atoms with E-state index in [1.54, 1.807) is 22.7 Å². The van der Waals surface area contributed by atoms with Gasteiger partial charge in [0, 0.05) is 42.4 Å². The van der Waals surface area contributed by atoms with Crippen LogP contribution in [-0.4, -0.2) is 19.9 Å². The maximum atomic E-state index is 5.22. The molecule has 0 amide bonds. The van der Waals surface area contributed by atoms with Crippen molar-refractivity contribution in [2.24, 2.45) is 0 Å². The molecule has 0 atom stereocenters. The summed E-state index contributed by atoms with van der Waals surface area (Å²) in [5.74, 6) is 1.44. The Morgan fingerprint density at radius 1 is 0.286 bits per heavy atom. The van der Waals surface area contributed by atoms with Crippen molar-refractivity contribution in [2.75, 3.05) is 0 Å². The topological polar surface area (TPSA) is 51.6 Å². The van der Waals surface area contributed by atoms with Crippen LogP contribution >= 0.6 is 22.7 Å². The predicted molar refractivity (Wildman–Crippen MR) is 236 cm³/mol. The Morgan fingerprint density at radius 2 is 0.625 bits per heavy atom. The molecule has 0 radical (unpaired) electrons. The number of hydrogen-bond acceptors (Lipinski definition) is 6. The van der Waals surface area contributed by atoms with Gasteiger partial charge in [-0.1, -0.05) is 152 Å². The molecule has 11 aromatic rings. The van der Waals surface area contributed by atoms with Crippen LogP contribution in [0.4, 0.5) is 0 Å². The second-order valence-corrected chi connectivity index (χ2v) is 15.9. The Labute approximate surface area is 331 Å². The van der Waals surface area contributed by atoms with Crippen LogP contribution in [-0.2, 0) is 0 Å². The molecule has 4 nitrogen and oxygen atoms in total. The Morgan fingerprint density at radius 3 is 1.05 bits per heavy atom. The number of thiophene rings is 2. The van der Waals surface area contributed by atoms with Gasteiger partial charge in [0.05, 0.1) is 31.8 Å². The van der Waals surface area contributed by atoms with Gasteiger partial charge < -0.3 is 0 Å². The minimum Gasteiger partial charge on any atom is -0.226 e. The van der Waals surface area contributed by atoms with Crippen LogP contribution in [0.1, 0.15) is 0 Å². The fourth-order valence-corrected chi connectivity index (χ4v) is 9.88. The van der Waals surface area contributed by atoms with Crippen LogP contribution in [0.15, 0.2) is 182 Å². The molecule has 11 rings (SSSR count). The first-order valence-electron chi connectivity index (χ1n) is 18.5. The lowest BCUT2D eigenvalue weighted by molar-refractivity contribution is 1.24. The molecule has 0 aliphatic rings. The number of fused-ring (bicyclic) bond motifs is 6. The second kappa shape index (κ2) is 13.5. The highest BCUT2D eigenvalue weighted by Gasteiger charge is 2.18. The molecule has 0 fully saturated rings. The standard InChI is InChI=1S/C50H30N4S2/c1-3-14-31(15-4-1)43-47-45(39-24-7-9-26-41(39)55-47)53-49(51-43)37-22-12-20-35(29-37)33-18-11-19-34(28-33)36-21-13-23-38(30-36)50-52-44(32-16-5-2-6-17-32)48-46(54-50)40-25-8-10-27-42(40)56-48/h1-30H. The van der Waals surface area contributed by atoms with Gasteiger partial charge in [0.25, 0.3) is 0 Å². The average molecular weight is 751 g/mol. The van der Waals surface area contributed by atoms with E-state index < -0.39 is 0 Å². The second-order valence-electron chi connectivity index (χ2n) is 13.8. The van der Waals surface area contributed by atoms with Crippen molar-refractivity contribution in [1.82, 2.24) is 19.9 Å². The SMILES string of the molecule is c1ccc(-c2nc(-c3cccc(-c4cccc(-c5cccc(-c6nc(-c7ccccc7)c7sc8ccccc8c7n6)c5)c4)c3)nc3c2sc2ccccc23)cc1. The van der Waals surface area contributed by atoms with Crippen LogP contribution in [0.5, 0.6) is 0 Å². The monoisotopic (exact) mass is 750 g/mol. The number of aromatic nitrogens is 4. The third-order valence-electron chi connectivity index (χ3n) is 10.3. The van der Waals surface area contributed by atoms with Crippen molar-refractivity contribution in [1.29, 1.82) is 0 Å². The molecule has 6 heteroatoms. The third-order valence-corrected chi connectivity index (χ3v) is 12.6. The van der Waals surface area contributed by atoms with Gasteiger partial charge in [0.2, 0.25) is 0 Å². The normalized spacial score (nSPS) is 11.6. The molecule has 0 bridgehead atoms. The largest absolute Gasteiger partial charge is 0.226 e. The number of hydrogen-bond donors (Lipinski definition) is 0. The maximum Gasteiger partial charge on any atom is 0.160 e. The summed E-state index contributed by atoms with van der Waals surface area (Å²) in [6.45, 7) is 0. The zero-order valence-corrected chi connectivity index (χ0v) is 31.6. The highest BCUT2D eigenvalue weighted by Crippen LogP contribution is 2.41. The summed E-state index contributed by atoms with van der Waals surface area (Å²) in [5, 5.41) is 2.31. The van der Waals surface area contributed by atoms with Gasteiger partial charge in [-0.25, -0.2) is 19.9 Å². The van der Waals surface area contributed by atoms with Gasteiger partial charge in [-0.05, 0) is 52.6 Å². The molecule has 0 spiro atoms. The fourth-order valence-electron chi connectivity index (χ4n) is 7.58. The van der Waals surface area contributed by atoms with E-state index in [0.717, 1.165) is 98.7 Å². The minimum absolute atomic E-state index is 0.718. The first kappa shape index (κ1) is 32.6. The first-order chi connectivity index (χ1) is 27.7. The molecule has 7 aromatic carbocycles. The predicted octanol–water partition coefficient (Wildman–Crippen LogP) is 14.0.